The monoisotopic (exact) mass is 257 g/mol. The second-order valence-corrected chi connectivity index (χ2v) is 4.25. The Balaban J connectivity index is 1.82. The van der Waals surface area contributed by atoms with Crippen molar-refractivity contribution in [2.45, 2.75) is 19.8 Å². The Morgan fingerprint density at radius 3 is 2.68 bits per heavy atom. The van der Waals surface area contributed by atoms with Crippen LogP contribution in [0.15, 0.2) is 36.5 Å². The lowest BCUT2D eigenvalue weighted by Gasteiger charge is -2.07. The molecule has 19 heavy (non-hydrogen) atoms. The van der Waals surface area contributed by atoms with Gasteiger partial charge in [0.05, 0.1) is 6.20 Å². The Hall–Kier alpha value is -2.17. The van der Waals surface area contributed by atoms with Crippen LogP contribution in [0.5, 0.6) is 0 Å². The molecule has 0 amide bonds. The fraction of sp³-hybridized carbons (Fsp3) is 0.357. The quantitative estimate of drug-likeness (QED) is 0.797. The third-order valence-corrected chi connectivity index (χ3v) is 2.65. The fourth-order valence-electron chi connectivity index (χ4n) is 1.68. The molecule has 100 valence electrons. The molecule has 0 bridgehead atoms. The summed E-state index contributed by atoms with van der Waals surface area (Å²) in [4.78, 5) is 4.35. The van der Waals surface area contributed by atoms with Crippen LogP contribution in [0, 0.1) is 0 Å². The summed E-state index contributed by atoms with van der Waals surface area (Å²) in [7, 11) is 0. The maximum atomic E-state index is 4.35. The summed E-state index contributed by atoms with van der Waals surface area (Å²) in [6.45, 7) is 3.79. The van der Waals surface area contributed by atoms with E-state index in [1.165, 1.54) is 5.56 Å². The van der Waals surface area contributed by atoms with Gasteiger partial charge in [0, 0.05) is 13.1 Å². The molecule has 0 aliphatic heterocycles. The van der Waals surface area contributed by atoms with Gasteiger partial charge in [-0.3, -0.25) is 0 Å². The highest BCUT2D eigenvalue weighted by Gasteiger charge is 1.99. The van der Waals surface area contributed by atoms with Gasteiger partial charge in [-0.25, -0.2) is 0 Å². The van der Waals surface area contributed by atoms with Crippen molar-refractivity contribution in [1.82, 2.24) is 15.2 Å². The van der Waals surface area contributed by atoms with E-state index in [2.05, 4.69) is 44.9 Å². The average molecular weight is 257 g/mol. The van der Waals surface area contributed by atoms with Gasteiger partial charge in [0.25, 0.3) is 0 Å². The molecule has 0 radical (unpaired) electrons. The van der Waals surface area contributed by atoms with E-state index in [0.717, 1.165) is 31.7 Å². The van der Waals surface area contributed by atoms with Crippen molar-refractivity contribution in [1.29, 1.82) is 0 Å². The van der Waals surface area contributed by atoms with Gasteiger partial charge in [-0.1, -0.05) is 37.3 Å². The average Bonchev–Trinajstić information content (AvgIpc) is 2.47. The number of hydrogen-bond acceptors (Lipinski definition) is 5. The minimum absolute atomic E-state index is 0.576. The Morgan fingerprint density at radius 2 is 1.89 bits per heavy atom. The van der Waals surface area contributed by atoms with Crippen LogP contribution in [0.2, 0.25) is 0 Å². The number of aromatic nitrogens is 3. The molecule has 5 heteroatoms. The lowest BCUT2D eigenvalue weighted by Crippen LogP contribution is -2.10. The Bertz CT molecular complexity index is 486. The number of anilines is 2. The lowest BCUT2D eigenvalue weighted by atomic mass is 10.1. The van der Waals surface area contributed by atoms with Crippen LogP contribution in [0.25, 0.3) is 0 Å². The van der Waals surface area contributed by atoms with E-state index in [9.17, 15) is 0 Å². The second-order valence-electron chi connectivity index (χ2n) is 4.25. The Kier molecular flexibility index (Phi) is 5.10. The molecule has 1 aromatic carbocycles. The van der Waals surface area contributed by atoms with Crippen molar-refractivity contribution >= 4 is 11.8 Å². The zero-order chi connectivity index (χ0) is 13.3. The topological polar surface area (TPSA) is 62.7 Å². The second kappa shape index (κ2) is 7.31. The molecule has 0 aliphatic rings. The predicted octanol–water partition coefficient (Wildman–Crippen LogP) is 2.35. The first-order valence-corrected chi connectivity index (χ1v) is 6.60. The van der Waals surface area contributed by atoms with Crippen molar-refractivity contribution in [2.75, 3.05) is 23.7 Å². The molecule has 2 N–H and O–H groups in total. The Labute approximate surface area is 113 Å². The summed E-state index contributed by atoms with van der Waals surface area (Å²) in [5, 5.41) is 14.2. The van der Waals surface area contributed by atoms with Crippen molar-refractivity contribution in [3.05, 3.63) is 42.1 Å². The van der Waals surface area contributed by atoms with Gasteiger partial charge >= 0.3 is 0 Å². The number of benzene rings is 1. The molecule has 5 nitrogen and oxygen atoms in total. The first-order valence-electron chi connectivity index (χ1n) is 6.60. The molecule has 2 rings (SSSR count). The van der Waals surface area contributed by atoms with Gasteiger partial charge in [0.15, 0.2) is 5.82 Å². The van der Waals surface area contributed by atoms with Crippen molar-refractivity contribution in [3.8, 4) is 0 Å². The zero-order valence-electron chi connectivity index (χ0n) is 11.1. The van der Waals surface area contributed by atoms with Gasteiger partial charge in [-0.15, -0.1) is 5.10 Å². The highest BCUT2D eigenvalue weighted by atomic mass is 15.3. The SMILES string of the molecule is CCCNc1nncc(NCCc2ccccc2)n1. The molecule has 0 fully saturated rings. The zero-order valence-corrected chi connectivity index (χ0v) is 11.1. The standard InChI is InChI=1S/C14H19N5/c1-2-9-16-14-18-13(11-17-19-14)15-10-8-12-6-4-3-5-7-12/h3-7,11H,2,8-10H2,1H3,(H2,15,16,18,19). The van der Waals surface area contributed by atoms with Gasteiger partial charge < -0.3 is 10.6 Å². The Morgan fingerprint density at radius 1 is 1.05 bits per heavy atom. The first kappa shape index (κ1) is 13.3. The van der Waals surface area contributed by atoms with Gasteiger partial charge in [0.1, 0.15) is 0 Å². The summed E-state index contributed by atoms with van der Waals surface area (Å²) in [6.07, 6.45) is 3.64. The highest BCUT2D eigenvalue weighted by molar-refractivity contribution is 5.37. The van der Waals surface area contributed by atoms with E-state index in [0.29, 0.717) is 5.95 Å². The first-order chi connectivity index (χ1) is 9.38. The fourth-order valence-corrected chi connectivity index (χ4v) is 1.68. The van der Waals surface area contributed by atoms with Gasteiger partial charge in [-0.2, -0.15) is 10.1 Å². The van der Waals surface area contributed by atoms with Crippen LogP contribution in [0.3, 0.4) is 0 Å². The third kappa shape index (κ3) is 4.54. The summed E-state index contributed by atoms with van der Waals surface area (Å²) in [6, 6.07) is 10.4. The molecular weight excluding hydrogens is 238 g/mol. The number of nitrogens with one attached hydrogen (secondary N) is 2. The van der Waals surface area contributed by atoms with Gasteiger partial charge in [-0.05, 0) is 18.4 Å². The number of rotatable bonds is 7. The van der Waals surface area contributed by atoms with E-state index >= 15 is 0 Å². The molecule has 0 spiro atoms. The molecule has 2 aromatic rings. The summed E-state index contributed by atoms with van der Waals surface area (Å²) < 4.78 is 0. The van der Waals surface area contributed by atoms with Crippen LogP contribution >= 0.6 is 0 Å². The molecule has 0 atom stereocenters. The van der Waals surface area contributed by atoms with E-state index in [1.54, 1.807) is 6.20 Å². The summed E-state index contributed by atoms with van der Waals surface area (Å²) in [5.74, 6) is 1.33. The highest BCUT2D eigenvalue weighted by Crippen LogP contribution is 2.05. The molecule has 1 heterocycles. The van der Waals surface area contributed by atoms with Gasteiger partial charge in [0.2, 0.25) is 5.95 Å². The van der Waals surface area contributed by atoms with Crippen molar-refractivity contribution in [3.63, 3.8) is 0 Å². The maximum Gasteiger partial charge on any atom is 0.244 e. The maximum absolute atomic E-state index is 4.35. The van der Waals surface area contributed by atoms with E-state index < -0.39 is 0 Å². The molecule has 0 saturated heterocycles. The number of hydrogen-bond donors (Lipinski definition) is 2. The lowest BCUT2D eigenvalue weighted by molar-refractivity contribution is 0.904. The minimum Gasteiger partial charge on any atom is -0.368 e. The largest absolute Gasteiger partial charge is 0.368 e. The molecular formula is C14H19N5. The summed E-state index contributed by atoms with van der Waals surface area (Å²) in [5.41, 5.74) is 1.31. The third-order valence-electron chi connectivity index (χ3n) is 2.65. The van der Waals surface area contributed by atoms with Crippen LogP contribution < -0.4 is 10.6 Å². The normalized spacial score (nSPS) is 10.2. The molecule has 1 aromatic heterocycles. The van der Waals surface area contributed by atoms with Crippen LogP contribution in [-0.2, 0) is 6.42 Å². The van der Waals surface area contributed by atoms with Crippen molar-refractivity contribution in [2.24, 2.45) is 0 Å². The minimum atomic E-state index is 0.576. The number of nitrogens with zero attached hydrogens (tertiary/aromatic N) is 3. The summed E-state index contributed by atoms with van der Waals surface area (Å²) >= 11 is 0. The van der Waals surface area contributed by atoms with Crippen LogP contribution in [-0.4, -0.2) is 28.3 Å². The van der Waals surface area contributed by atoms with E-state index in [1.807, 2.05) is 18.2 Å². The predicted molar refractivity (Wildman–Crippen MR) is 77.2 cm³/mol. The van der Waals surface area contributed by atoms with Crippen LogP contribution in [0.4, 0.5) is 11.8 Å². The molecule has 0 saturated carbocycles. The van der Waals surface area contributed by atoms with Crippen molar-refractivity contribution < 1.29 is 0 Å². The molecule has 0 aliphatic carbocycles. The molecule has 0 unspecified atom stereocenters. The van der Waals surface area contributed by atoms with E-state index in [4.69, 9.17) is 0 Å². The smallest absolute Gasteiger partial charge is 0.244 e. The van der Waals surface area contributed by atoms with E-state index in [-0.39, 0.29) is 0 Å². The van der Waals surface area contributed by atoms with Crippen LogP contribution in [0.1, 0.15) is 18.9 Å².